The van der Waals surface area contributed by atoms with Crippen LogP contribution in [0.4, 0.5) is 0 Å². The largest absolute Gasteiger partial charge is 0.355 e. The predicted octanol–water partition coefficient (Wildman–Crippen LogP) is 3.27. The highest BCUT2D eigenvalue weighted by atomic mass is 32.2. The molecule has 0 saturated carbocycles. The number of fused-ring (bicyclic) bond motifs is 3. The molecule has 0 unspecified atom stereocenters. The molecule has 158 valence electrons. The molecule has 1 amide bonds. The van der Waals surface area contributed by atoms with Gasteiger partial charge in [-0.2, -0.15) is 4.68 Å². The van der Waals surface area contributed by atoms with Gasteiger partial charge in [-0.05, 0) is 37.8 Å². The molecule has 0 aromatic heterocycles. The maximum atomic E-state index is 13.2. The van der Waals surface area contributed by atoms with Crippen LogP contribution in [0, 0.1) is 0 Å². The smallest absolute Gasteiger partial charge is 0.284 e. The van der Waals surface area contributed by atoms with E-state index in [1.807, 2.05) is 30.3 Å². The molecule has 0 fully saturated rings. The fraction of sp³-hybridized carbons (Fsp3) is 0.455. The van der Waals surface area contributed by atoms with Crippen LogP contribution in [0.25, 0.3) is 17.1 Å². The van der Waals surface area contributed by atoms with Crippen LogP contribution in [0.3, 0.4) is 0 Å². The van der Waals surface area contributed by atoms with Crippen molar-refractivity contribution in [2.24, 2.45) is 0 Å². The molecule has 7 nitrogen and oxygen atoms in total. The molecule has 8 heteroatoms. The molecule has 0 saturated heterocycles. The topological polar surface area (TPSA) is 81.8 Å². The third-order valence-corrected chi connectivity index (χ3v) is 6.33. The van der Waals surface area contributed by atoms with E-state index in [0.717, 1.165) is 61.6 Å². The zero-order valence-corrected chi connectivity index (χ0v) is 18.1. The third kappa shape index (κ3) is 4.28. The molecule has 0 spiro atoms. The van der Waals surface area contributed by atoms with Crippen LogP contribution < -0.4 is 10.9 Å². The molecule has 0 atom stereocenters. The van der Waals surface area contributed by atoms with Crippen molar-refractivity contribution in [1.29, 1.82) is 0 Å². The van der Waals surface area contributed by atoms with E-state index in [9.17, 15) is 9.59 Å². The van der Waals surface area contributed by atoms with Crippen molar-refractivity contribution in [3.05, 3.63) is 46.4 Å². The monoisotopic (exact) mass is 425 g/mol. The summed E-state index contributed by atoms with van der Waals surface area (Å²) in [7, 11) is 0. The Morgan fingerprint density at radius 2 is 2.03 bits per heavy atom. The highest BCUT2D eigenvalue weighted by Crippen LogP contribution is 2.30. The fourth-order valence-electron chi connectivity index (χ4n) is 3.79. The third-order valence-electron chi connectivity index (χ3n) is 5.35. The van der Waals surface area contributed by atoms with Crippen molar-refractivity contribution < 1.29 is 4.79 Å². The molecular formula is C22H27N5O2S. The minimum absolute atomic E-state index is 0.0117. The van der Waals surface area contributed by atoms with Gasteiger partial charge in [-0.1, -0.05) is 49.7 Å². The van der Waals surface area contributed by atoms with E-state index in [1.54, 1.807) is 0 Å². The Bertz CT molecular complexity index is 1040. The molecular weight excluding hydrogens is 398 g/mol. The van der Waals surface area contributed by atoms with Gasteiger partial charge in [0, 0.05) is 18.8 Å². The summed E-state index contributed by atoms with van der Waals surface area (Å²) in [6, 6.07) is 9.44. The first-order chi connectivity index (χ1) is 14.7. The van der Waals surface area contributed by atoms with Crippen molar-refractivity contribution in [2.45, 2.75) is 57.1 Å². The van der Waals surface area contributed by atoms with Crippen molar-refractivity contribution in [3.8, 4) is 17.1 Å². The molecule has 1 N–H and O–H groups in total. The number of rotatable bonds is 7. The van der Waals surface area contributed by atoms with Gasteiger partial charge in [0.05, 0.1) is 11.4 Å². The standard InChI is InChI=1S/C22H27N5O2S/c1-2-3-13-23-18(28)15-30-22-24-20-19(17-12-8-5-9-14-26(17)22)21(29)27(25-20)16-10-6-4-7-11-16/h4,6-7,10-11H,2-3,5,8-9,12-15H2,1H3,(H,23,28). The first-order valence-corrected chi connectivity index (χ1v) is 11.6. The Kier molecular flexibility index (Phi) is 6.52. The van der Waals surface area contributed by atoms with Crippen LogP contribution >= 0.6 is 11.8 Å². The number of para-hydroxylation sites is 1. The number of nitrogens with zero attached hydrogens (tertiary/aromatic N) is 4. The van der Waals surface area contributed by atoms with Gasteiger partial charge in [0.1, 0.15) is 5.56 Å². The van der Waals surface area contributed by atoms with Crippen LogP contribution in [0.15, 0.2) is 40.3 Å². The van der Waals surface area contributed by atoms with Gasteiger partial charge in [-0.25, -0.2) is 4.98 Å². The molecule has 3 aliphatic rings. The van der Waals surface area contributed by atoms with Gasteiger partial charge in [0.15, 0.2) is 11.0 Å². The minimum Gasteiger partial charge on any atom is -0.355 e. The van der Waals surface area contributed by atoms with Crippen LogP contribution in [0.1, 0.15) is 44.7 Å². The van der Waals surface area contributed by atoms with Crippen molar-refractivity contribution in [2.75, 3.05) is 12.3 Å². The lowest BCUT2D eigenvalue weighted by atomic mass is 10.1. The van der Waals surface area contributed by atoms with Gasteiger partial charge in [-0.3, -0.25) is 9.59 Å². The summed E-state index contributed by atoms with van der Waals surface area (Å²) in [5.41, 5.74) is 2.22. The maximum Gasteiger partial charge on any atom is 0.284 e. The van der Waals surface area contributed by atoms with E-state index in [4.69, 9.17) is 4.98 Å². The van der Waals surface area contributed by atoms with Crippen LogP contribution in [-0.4, -0.2) is 37.5 Å². The van der Waals surface area contributed by atoms with E-state index in [1.165, 1.54) is 16.4 Å². The van der Waals surface area contributed by atoms with Crippen LogP contribution in [-0.2, 0) is 17.8 Å². The average Bonchev–Trinajstić information content (AvgIpc) is 2.93. The summed E-state index contributed by atoms with van der Waals surface area (Å²) < 4.78 is 3.58. The lowest BCUT2D eigenvalue weighted by molar-refractivity contribution is -0.118. The first-order valence-electron chi connectivity index (χ1n) is 10.7. The first kappa shape index (κ1) is 20.7. The predicted molar refractivity (Wildman–Crippen MR) is 118 cm³/mol. The summed E-state index contributed by atoms with van der Waals surface area (Å²) in [5, 5.41) is 8.25. The van der Waals surface area contributed by atoms with E-state index >= 15 is 0 Å². The summed E-state index contributed by atoms with van der Waals surface area (Å²) in [4.78, 5) is 30.1. The molecule has 3 aliphatic heterocycles. The zero-order chi connectivity index (χ0) is 20.9. The average molecular weight is 426 g/mol. The summed E-state index contributed by atoms with van der Waals surface area (Å²) in [6.45, 7) is 3.62. The molecule has 0 bridgehead atoms. The normalized spacial score (nSPS) is 13.8. The van der Waals surface area contributed by atoms with Gasteiger partial charge < -0.3 is 9.88 Å². The Balaban J connectivity index is 1.71. The Morgan fingerprint density at radius 1 is 1.20 bits per heavy atom. The summed E-state index contributed by atoms with van der Waals surface area (Å²) in [6.07, 6.45) is 6.06. The number of thioether (sulfide) groups is 1. The molecule has 30 heavy (non-hydrogen) atoms. The van der Waals surface area contributed by atoms with E-state index in [0.29, 0.717) is 23.7 Å². The van der Waals surface area contributed by atoms with E-state index in [2.05, 4.69) is 21.9 Å². The summed E-state index contributed by atoms with van der Waals surface area (Å²) in [5.74, 6) is 0.786. The molecule has 0 aliphatic carbocycles. The Labute approximate surface area is 180 Å². The number of hydrogen-bond donors (Lipinski definition) is 1. The van der Waals surface area contributed by atoms with Crippen molar-refractivity contribution in [1.82, 2.24) is 24.6 Å². The second-order valence-corrected chi connectivity index (χ2v) is 8.49. The van der Waals surface area contributed by atoms with Crippen molar-refractivity contribution >= 4 is 17.7 Å². The number of amides is 1. The number of benzene rings is 1. The Hall–Kier alpha value is -2.61. The highest BCUT2D eigenvalue weighted by molar-refractivity contribution is 7.99. The van der Waals surface area contributed by atoms with E-state index in [-0.39, 0.29) is 11.5 Å². The second kappa shape index (κ2) is 9.47. The SMILES string of the molecule is CCCCNC(=O)CSc1nc2nn(-c3ccccc3)c(=O)c-2c2n1CCCCC2. The zero-order valence-electron chi connectivity index (χ0n) is 17.3. The van der Waals surface area contributed by atoms with Gasteiger partial charge in [0.2, 0.25) is 5.91 Å². The van der Waals surface area contributed by atoms with Crippen LogP contribution in [0.2, 0.25) is 0 Å². The molecule has 1 aromatic carbocycles. The number of carbonyl (C=O) groups excluding carboxylic acids is 1. The van der Waals surface area contributed by atoms with Gasteiger partial charge >= 0.3 is 0 Å². The minimum atomic E-state index is -0.122. The fourth-order valence-corrected chi connectivity index (χ4v) is 4.66. The number of carbonyl (C=O) groups is 1. The number of aromatic nitrogens is 4. The Morgan fingerprint density at radius 3 is 2.83 bits per heavy atom. The number of hydrogen-bond acceptors (Lipinski definition) is 5. The van der Waals surface area contributed by atoms with Gasteiger partial charge in [0.25, 0.3) is 5.56 Å². The van der Waals surface area contributed by atoms with Crippen molar-refractivity contribution in [3.63, 3.8) is 0 Å². The second-order valence-electron chi connectivity index (χ2n) is 7.55. The lowest BCUT2D eigenvalue weighted by Gasteiger charge is -2.17. The highest BCUT2D eigenvalue weighted by Gasteiger charge is 2.27. The quantitative estimate of drug-likeness (QED) is 0.357. The lowest BCUT2D eigenvalue weighted by Crippen LogP contribution is -2.26. The molecule has 1 aromatic rings. The molecule has 0 radical (unpaired) electrons. The summed E-state index contributed by atoms with van der Waals surface area (Å²) >= 11 is 1.42. The van der Waals surface area contributed by atoms with Crippen LogP contribution in [0.5, 0.6) is 0 Å². The molecule has 4 rings (SSSR count). The molecule has 3 heterocycles. The maximum absolute atomic E-state index is 13.2. The number of unbranched alkanes of at least 4 members (excludes halogenated alkanes) is 1. The van der Waals surface area contributed by atoms with Gasteiger partial charge in [-0.15, -0.1) is 5.10 Å². The number of nitrogens with one attached hydrogen (secondary N) is 1. The van der Waals surface area contributed by atoms with E-state index < -0.39 is 0 Å².